The van der Waals surface area contributed by atoms with Gasteiger partial charge < -0.3 is 18.7 Å². The Hall–Kier alpha value is -6.52. The third kappa shape index (κ3) is 5.25. The van der Waals surface area contributed by atoms with Crippen LogP contribution >= 0.6 is 0 Å². The molecule has 7 rings (SSSR count). The molecule has 0 saturated heterocycles. The molecule has 0 saturated carbocycles. The predicted octanol–water partition coefficient (Wildman–Crippen LogP) is 7.23. The number of benzene rings is 4. The zero-order chi connectivity index (χ0) is 32.5. The number of fused-ring (bicyclic) bond motifs is 6. The molecule has 0 amide bonds. The number of nitrogens with zero attached hydrogens (tertiary/aromatic N) is 2. The molecule has 8 nitrogen and oxygen atoms in total. The van der Waals surface area contributed by atoms with Crippen molar-refractivity contribution in [2.24, 2.45) is 0 Å². The van der Waals surface area contributed by atoms with Crippen molar-refractivity contribution in [1.82, 2.24) is 0 Å². The second-order valence-corrected chi connectivity index (χ2v) is 10.2. The number of phenolic OH excluding ortho intramolecular Hbond substituents is 1. The minimum atomic E-state index is -0.724. The fourth-order valence-electron chi connectivity index (χ4n) is 5.43. The summed E-state index contributed by atoms with van der Waals surface area (Å²) >= 11 is 0. The Labute approximate surface area is 258 Å². The molecule has 0 spiro atoms. The second-order valence-electron chi connectivity index (χ2n) is 10.2. The van der Waals surface area contributed by atoms with Crippen molar-refractivity contribution < 1.29 is 27.5 Å². The van der Waals surface area contributed by atoms with Crippen molar-refractivity contribution in [3.8, 4) is 45.9 Å². The summed E-state index contributed by atoms with van der Waals surface area (Å²) in [6.45, 7) is 4.05. The van der Waals surface area contributed by atoms with E-state index < -0.39 is 22.9 Å². The van der Waals surface area contributed by atoms with Crippen molar-refractivity contribution in [3.05, 3.63) is 134 Å². The lowest BCUT2D eigenvalue weighted by molar-refractivity contribution is 0.326. The van der Waals surface area contributed by atoms with E-state index in [4.69, 9.17) is 24.1 Å². The van der Waals surface area contributed by atoms with Gasteiger partial charge in [-0.15, -0.1) is 0 Å². The van der Waals surface area contributed by atoms with Crippen LogP contribution in [0.2, 0.25) is 0 Å². The largest absolute Gasteiger partial charge is 0.507 e. The monoisotopic (exact) mass is 614 g/mol. The van der Waals surface area contributed by atoms with Crippen LogP contribution in [0.15, 0.2) is 97.8 Å². The zero-order valence-electron chi connectivity index (χ0n) is 23.8. The van der Waals surface area contributed by atoms with E-state index in [9.17, 15) is 23.5 Å². The molecule has 6 aromatic rings. The highest BCUT2D eigenvalue weighted by Gasteiger charge is 2.23. The van der Waals surface area contributed by atoms with E-state index in [-0.39, 0.29) is 33.6 Å². The van der Waals surface area contributed by atoms with Gasteiger partial charge in [-0.2, -0.15) is 10.5 Å². The number of ether oxygens (including phenoxy) is 1. The van der Waals surface area contributed by atoms with Gasteiger partial charge in [0, 0.05) is 46.0 Å². The van der Waals surface area contributed by atoms with Crippen molar-refractivity contribution in [2.45, 2.75) is 6.42 Å². The van der Waals surface area contributed by atoms with Crippen LogP contribution in [0.3, 0.4) is 0 Å². The van der Waals surface area contributed by atoms with Crippen LogP contribution in [-0.4, -0.2) is 11.7 Å². The summed E-state index contributed by atoms with van der Waals surface area (Å²) in [4.78, 5) is 24.8. The van der Waals surface area contributed by atoms with E-state index in [1.165, 1.54) is 48.5 Å². The highest BCUT2D eigenvalue weighted by Crippen LogP contribution is 2.37. The van der Waals surface area contributed by atoms with Crippen LogP contribution in [0.25, 0.3) is 50.3 Å². The lowest BCUT2D eigenvalue weighted by Gasteiger charge is -2.10. The first-order chi connectivity index (χ1) is 22.2. The molecule has 224 valence electrons. The third-order valence-corrected chi connectivity index (χ3v) is 7.48. The normalized spacial score (nSPS) is 11.6. The van der Waals surface area contributed by atoms with E-state index in [0.717, 1.165) is 11.6 Å². The van der Waals surface area contributed by atoms with Crippen molar-refractivity contribution >= 4 is 28.0 Å². The lowest BCUT2D eigenvalue weighted by atomic mass is 9.96. The molecule has 1 aliphatic rings. The highest BCUT2D eigenvalue weighted by atomic mass is 19.1. The Balaban J connectivity index is 0.000000162. The average molecular weight is 615 g/mol. The van der Waals surface area contributed by atoms with Gasteiger partial charge in [-0.3, -0.25) is 0 Å². The summed E-state index contributed by atoms with van der Waals surface area (Å²) in [6.07, 6.45) is 1.95. The number of hydrogen-bond acceptors (Lipinski definition) is 8. The Morgan fingerprint density at radius 2 is 1.35 bits per heavy atom. The van der Waals surface area contributed by atoms with Crippen LogP contribution in [0, 0.1) is 34.3 Å². The Morgan fingerprint density at radius 1 is 0.761 bits per heavy atom. The van der Waals surface area contributed by atoms with Crippen LogP contribution < -0.4 is 16.0 Å². The molecule has 0 unspecified atom stereocenters. The standard InChI is InChI=1S/2C18H10FNO3/c19-11-2-4-12-13-5-6-22-15-7-10(9-20)1-3-14(15)17(13)18(21)23-16(12)8-11;1-2-12-13-6-4-11(19)8-16(13)23-18(22)17(12)14-5-3-10(9-20)7-15(14)21/h1-4,7-8H,5-6H2;2-8,21H,1H2. The fraction of sp³-hybridized carbons (Fsp3) is 0.0556. The number of phenols is 1. The van der Waals surface area contributed by atoms with Crippen LogP contribution in [0.1, 0.15) is 22.3 Å². The van der Waals surface area contributed by atoms with Gasteiger partial charge in [-0.05, 0) is 66.2 Å². The minimum Gasteiger partial charge on any atom is -0.507 e. The average Bonchev–Trinajstić information content (AvgIpc) is 3.24. The van der Waals surface area contributed by atoms with E-state index >= 15 is 0 Å². The Bertz CT molecular complexity index is 2430. The predicted molar refractivity (Wildman–Crippen MR) is 166 cm³/mol. The molecular formula is C36H20F2N2O6. The first-order valence-corrected chi connectivity index (χ1v) is 13.8. The van der Waals surface area contributed by atoms with Gasteiger partial charge in [0.2, 0.25) is 0 Å². The summed E-state index contributed by atoms with van der Waals surface area (Å²) in [7, 11) is 0. The molecule has 0 aliphatic carbocycles. The maximum Gasteiger partial charge on any atom is 0.344 e. The Kier molecular flexibility index (Phi) is 7.63. The fourth-order valence-corrected chi connectivity index (χ4v) is 5.43. The highest BCUT2D eigenvalue weighted by molar-refractivity contribution is 5.94. The van der Waals surface area contributed by atoms with Gasteiger partial charge in [0.1, 0.15) is 34.3 Å². The summed E-state index contributed by atoms with van der Waals surface area (Å²) in [5, 5.41) is 29.2. The summed E-state index contributed by atoms with van der Waals surface area (Å²) in [6, 6.07) is 21.1. The maximum absolute atomic E-state index is 13.4. The van der Waals surface area contributed by atoms with E-state index in [2.05, 4.69) is 6.58 Å². The molecule has 0 fully saturated rings. The number of aromatic hydroxyl groups is 1. The summed E-state index contributed by atoms with van der Waals surface area (Å²) in [5.74, 6) is -0.716. The first-order valence-electron chi connectivity index (χ1n) is 13.8. The van der Waals surface area contributed by atoms with Crippen molar-refractivity contribution in [3.63, 3.8) is 0 Å². The van der Waals surface area contributed by atoms with Gasteiger partial charge in [0.05, 0.1) is 41.0 Å². The molecule has 1 N–H and O–H groups in total. The van der Waals surface area contributed by atoms with Gasteiger partial charge in [-0.25, -0.2) is 18.4 Å². The molecule has 4 aromatic carbocycles. The quantitative estimate of drug-likeness (QED) is 0.202. The smallest absolute Gasteiger partial charge is 0.344 e. The molecule has 0 radical (unpaired) electrons. The van der Waals surface area contributed by atoms with Gasteiger partial charge in [0.15, 0.2) is 0 Å². The maximum atomic E-state index is 13.4. The number of hydrogen-bond donors (Lipinski definition) is 1. The summed E-state index contributed by atoms with van der Waals surface area (Å²) in [5.41, 5.74) is 2.34. The molecule has 0 atom stereocenters. The SMILES string of the molecule is C=Cc1c(-c2ccc(C#N)cc2O)c(=O)oc2cc(F)ccc12.N#Cc1ccc2c(c1)OCCc1c-2c(=O)oc2cc(F)ccc12. The third-order valence-electron chi connectivity index (χ3n) is 7.48. The molecule has 0 bridgehead atoms. The lowest BCUT2D eigenvalue weighted by Crippen LogP contribution is -2.08. The van der Waals surface area contributed by atoms with Gasteiger partial charge >= 0.3 is 11.3 Å². The zero-order valence-corrected chi connectivity index (χ0v) is 23.8. The van der Waals surface area contributed by atoms with Crippen LogP contribution in [0.5, 0.6) is 11.5 Å². The second kappa shape index (κ2) is 11.9. The van der Waals surface area contributed by atoms with Crippen LogP contribution in [-0.2, 0) is 6.42 Å². The number of nitriles is 2. The van der Waals surface area contributed by atoms with Gasteiger partial charge in [-0.1, -0.05) is 12.7 Å². The minimum absolute atomic E-state index is 0.0989. The number of halogens is 2. The molecule has 10 heteroatoms. The van der Waals surface area contributed by atoms with E-state index in [0.29, 0.717) is 51.8 Å². The molecule has 46 heavy (non-hydrogen) atoms. The van der Waals surface area contributed by atoms with Crippen LogP contribution in [0.4, 0.5) is 8.78 Å². The van der Waals surface area contributed by atoms with E-state index in [1.54, 1.807) is 24.3 Å². The van der Waals surface area contributed by atoms with E-state index in [1.807, 2.05) is 12.1 Å². The molecule has 2 aromatic heterocycles. The van der Waals surface area contributed by atoms with Crippen molar-refractivity contribution in [2.75, 3.05) is 6.61 Å². The summed E-state index contributed by atoms with van der Waals surface area (Å²) < 4.78 is 42.9. The first kappa shape index (κ1) is 29.5. The molecule has 1 aliphatic heterocycles. The number of rotatable bonds is 2. The topological polar surface area (TPSA) is 137 Å². The van der Waals surface area contributed by atoms with Gasteiger partial charge in [0.25, 0.3) is 0 Å². The van der Waals surface area contributed by atoms with Crippen molar-refractivity contribution in [1.29, 1.82) is 10.5 Å². The molecule has 3 heterocycles. The Morgan fingerprint density at radius 3 is 1.98 bits per heavy atom. The molecular weight excluding hydrogens is 594 g/mol.